The molecule has 0 saturated carbocycles. The van der Waals surface area contributed by atoms with E-state index in [1.54, 1.807) is 27.8 Å². The summed E-state index contributed by atoms with van der Waals surface area (Å²) >= 11 is 14.7. The molecule has 2 aromatic heterocycles. The zero-order chi connectivity index (χ0) is 29.4. The third-order valence-corrected chi connectivity index (χ3v) is 7.96. The van der Waals surface area contributed by atoms with E-state index in [1.165, 1.54) is 26.0 Å². The molecule has 0 spiro atoms. The molecule has 0 N–H and O–H groups in total. The summed E-state index contributed by atoms with van der Waals surface area (Å²) in [6.45, 7) is 7.51. The molecule has 0 bridgehead atoms. The minimum atomic E-state index is -0.544. The average molecular weight is 611 g/mol. The second-order valence-electron chi connectivity index (χ2n) is 10.5. The van der Waals surface area contributed by atoms with Crippen LogP contribution in [-0.4, -0.2) is 89.2 Å². The molecule has 1 fully saturated rings. The predicted molar refractivity (Wildman–Crippen MR) is 158 cm³/mol. The van der Waals surface area contributed by atoms with Crippen LogP contribution in [0.4, 0.5) is 4.79 Å². The van der Waals surface area contributed by atoms with Crippen molar-refractivity contribution in [3.63, 3.8) is 0 Å². The molecule has 1 aliphatic rings. The maximum absolute atomic E-state index is 14.0. The summed E-state index contributed by atoms with van der Waals surface area (Å²) in [6, 6.07) is 3.41. The molecule has 0 radical (unpaired) electrons. The Hall–Kier alpha value is -2.73. The van der Waals surface area contributed by atoms with Crippen LogP contribution in [0.2, 0.25) is 10.0 Å². The van der Waals surface area contributed by atoms with Gasteiger partial charge in [0.1, 0.15) is 22.7 Å². The van der Waals surface area contributed by atoms with Gasteiger partial charge in [0.05, 0.1) is 29.8 Å². The van der Waals surface area contributed by atoms with Crippen LogP contribution in [0, 0.1) is 0 Å². The van der Waals surface area contributed by atoms with E-state index in [2.05, 4.69) is 14.9 Å². The summed E-state index contributed by atoms with van der Waals surface area (Å²) < 4.78 is 17.9. The third-order valence-electron chi connectivity index (χ3n) is 6.64. The highest BCUT2D eigenvalue weighted by molar-refractivity contribution is 7.98. The quantitative estimate of drug-likeness (QED) is 0.256. The number of likely N-dealkylation sites (tertiary alicyclic amines) is 1. The summed E-state index contributed by atoms with van der Waals surface area (Å²) in [7, 11) is 4.93. The lowest BCUT2D eigenvalue weighted by atomic mass is 10.0. The first-order chi connectivity index (χ1) is 18.9. The predicted octanol–water partition coefficient (Wildman–Crippen LogP) is 5.06. The molecule has 1 saturated heterocycles. The SMILES string of the molecule is COc1cc(OC)c(Cl)c(-c2cc3cnc(SC)nc3n(CCN(C)C3CN(C(=O)OC(C)(C)C)C3)c2=O)c1Cl. The highest BCUT2D eigenvalue weighted by Gasteiger charge is 2.35. The van der Waals surface area contributed by atoms with Crippen LogP contribution in [0.5, 0.6) is 11.5 Å². The van der Waals surface area contributed by atoms with Gasteiger partial charge in [-0.05, 0) is 40.1 Å². The number of likely N-dealkylation sites (N-methyl/N-ethyl adjacent to an activating group) is 1. The van der Waals surface area contributed by atoms with Gasteiger partial charge in [0, 0.05) is 55.4 Å². The summed E-state index contributed by atoms with van der Waals surface area (Å²) in [5.74, 6) is 0.661. The number of thioether (sulfide) groups is 1. The average Bonchev–Trinajstić information content (AvgIpc) is 2.86. The number of nitrogens with zero attached hydrogens (tertiary/aromatic N) is 5. The van der Waals surface area contributed by atoms with Crippen molar-refractivity contribution >= 4 is 52.1 Å². The molecule has 1 aliphatic heterocycles. The van der Waals surface area contributed by atoms with Crippen molar-refractivity contribution in [2.45, 2.75) is 44.1 Å². The number of halogens is 2. The highest BCUT2D eigenvalue weighted by atomic mass is 35.5. The largest absolute Gasteiger partial charge is 0.495 e. The first kappa shape index (κ1) is 30.2. The maximum atomic E-state index is 14.0. The lowest BCUT2D eigenvalue weighted by Gasteiger charge is -2.44. The van der Waals surface area contributed by atoms with Gasteiger partial charge < -0.3 is 19.1 Å². The van der Waals surface area contributed by atoms with Gasteiger partial charge in [0.25, 0.3) is 5.56 Å². The van der Waals surface area contributed by atoms with Gasteiger partial charge in [-0.25, -0.2) is 14.8 Å². The van der Waals surface area contributed by atoms with Gasteiger partial charge in [0.15, 0.2) is 5.16 Å². The van der Waals surface area contributed by atoms with Crippen molar-refractivity contribution in [3.8, 4) is 22.6 Å². The highest BCUT2D eigenvalue weighted by Crippen LogP contribution is 2.45. The number of carbonyl (C=O) groups excluding carboxylic acids is 1. The number of methoxy groups -OCH3 is 2. The third kappa shape index (κ3) is 6.12. The number of benzene rings is 1. The monoisotopic (exact) mass is 609 g/mol. The van der Waals surface area contributed by atoms with E-state index in [1.807, 2.05) is 34.1 Å². The minimum Gasteiger partial charge on any atom is -0.495 e. The Labute approximate surface area is 247 Å². The second-order valence-corrected chi connectivity index (χ2v) is 12.0. The van der Waals surface area contributed by atoms with Gasteiger partial charge in [-0.3, -0.25) is 14.3 Å². The van der Waals surface area contributed by atoms with E-state index >= 15 is 0 Å². The normalized spacial score (nSPS) is 14.0. The van der Waals surface area contributed by atoms with Crippen molar-refractivity contribution in [2.75, 3.05) is 47.2 Å². The molecule has 0 aliphatic carbocycles. The van der Waals surface area contributed by atoms with Gasteiger partial charge in [0.2, 0.25) is 0 Å². The zero-order valence-electron chi connectivity index (χ0n) is 23.6. The minimum absolute atomic E-state index is 0.139. The number of amides is 1. The number of rotatable bonds is 8. The topological polar surface area (TPSA) is 99.0 Å². The molecule has 13 heteroatoms. The maximum Gasteiger partial charge on any atom is 0.410 e. The molecule has 0 atom stereocenters. The molecular weight excluding hydrogens is 577 g/mol. The number of ether oxygens (including phenoxy) is 3. The lowest BCUT2D eigenvalue weighted by molar-refractivity contribution is -0.0111. The van der Waals surface area contributed by atoms with E-state index < -0.39 is 5.60 Å². The molecule has 40 heavy (non-hydrogen) atoms. The summed E-state index contributed by atoms with van der Waals surface area (Å²) in [6.07, 6.45) is 3.23. The van der Waals surface area contributed by atoms with Crippen molar-refractivity contribution in [1.29, 1.82) is 0 Å². The van der Waals surface area contributed by atoms with Crippen molar-refractivity contribution in [3.05, 3.63) is 38.7 Å². The second kappa shape index (κ2) is 12.0. The van der Waals surface area contributed by atoms with E-state index in [0.29, 0.717) is 59.4 Å². The van der Waals surface area contributed by atoms with Crippen LogP contribution in [0.1, 0.15) is 20.8 Å². The number of carbonyl (C=O) groups is 1. The fourth-order valence-electron chi connectivity index (χ4n) is 4.40. The zero-order valence-corrected chi connectivity index (χ0v) is 25.9. The molecule has 216 valence electrons. The molecule has 10 nitrogen and oxygen atoms in total. The number of hydrogen-bond donors (Lipinski definition) is 0. The first-order valence-corrected chi connectivity index (χ1v) is 14.6. The molecule has 3 aromatic rings. The van der Waals surface area contributed by atoms with Gasteiger partial charge >= 0.3 is 6.09 Å². The van der Waals surface area contributed by atoms with Crippen LogP contribution in [0.3, 0.4) is 0 Å². The number of hydrogen-bond acceptors (Lipinski definition) is 9. The Morgan fingerprint density at radius 2 is 1.77 bits per heavy atom. The van der Waals surface area contributed by atoms with E-state index in [-0.39, 0.29) is 33.3 Å². The summed E-state index contributed by atoms with van der Waals surface area (Å²) in [5.41, 5.74) is 0.247. The Morgan fingerprint density at radius 3 is 2.33 bits per heavy atom. The molecule has 0 unspecified atom stereocenters. The number of aromatic nitrogens is 3. The fourth-order valence-corrected chi connectivity index (χ4v) is 5.44. The Kier molecular flexibility index (Phi) is 9.08. The standard InChI is InChI=1S/C27H33Cl2N5O5S/c1-27(2,3)39-26(36)33-13-16(14-33)32(4)8-9-34-23-15(12-30-25(31-23)40-7)10-17(24(34)35)20-21(28)18(37-5)11-19(38-6)22(20)29/h10-12,16H,8-9,13-14H2,1-7H3. The van der Waals surface area contributed by atoms with Crippen LogP contribution < -0.4 is 15.0 Å². The number of pyridine rings is 1. The van der Waals surface area contributed by atoms with Crippen LogP contribution in [-0.2, 0) is 11.3 Å². The van der Waals surface area contributed by atoms with Crippen molar-refractivity contribution in [1.82, 2.24) is 24.3 Å². The van der Waals surface area contributed by atoms with E-state index in [9.17, 15) is 9.59 Å². The van der Waals surface area contributed by atoms with E-state index in [0.717, 1.165) is 0 Å². The fraction of sp³-hybridized carbons (Fsp3) is 0.481. The van der Waals surface area contributed by atoms with Crippen molar-refractivity contribution < 1.29 is 19.0 Å². The molecule has 1 aromatic carbocycles. The number of fused-ring (bicyclic) bond motifs is 1. The summed E-state index contributed by atoms with van der Waals surface area (Å²) in [5, 5.41) is 1.61. The van der Waals surface area contributed by atoms with E-state index in [4.69, 9.17) is 37.4 Å². The van der Waals surface area contributed by atoms with Crippen molar-refractivity contribution in [2.24, 2.45) is 0 Å². The molecule has 4 rings (SSSR count). The smallest absolute Gasteiger partial charge is 0.410 e. The molecule has 1 amide bonds. The Morgan fingerprint density at radius 1 is 1.15 bits per heavy atom. The Balaban J connectivity index is 1.68. The summed E-state index contributed by atoms with van der Waals surface area (Å²) in [4.78, 5) is 39.2. The molecule has 3 heterocycles. The van der Waals surface area contributed by atoms with Gasteiger partial charge in [-0.2, -0.15) is 0 Å². The van der Waals surface area contributed by atoms with Gasteiger partial charge in [-0.1, -0.05) is 35.0 Å². The molecular formula is C27H33Cl2N5O5S. The lowest BCUT2D eigenvalue weighted by Crippen LogP contribution is -2.61. The van der Waals surface area contributed by atoms with Crippen LogP contribution >= 0.6 is 35.0 Å². The van der Waals surface area contributed by atoms with Gasteiger partial charge in [-0.15, -0.1) is 0 Å². The Bertz CT molecular complexity index is 1460. The first-order valence-electron chi connectivity index (χ1n) is 12.6. The van der Waals surface area contributed by atoms with Crippen LogP contribution in [0.15, 0.2) is 28.3 Å². The van der Waals surface area contributed by atoms with Crippen LogP contribution in [0.25, 0.3) is 22.2 Å².